The lowest BCUT2D eigenvalue weighted by Gasteiger charge is -2.27. The van der Waals surface area contributed by atoms with Crippen LogP contribution in [0.1, 0.15) is 63.8 Å². The number of benzene rings is 2. The van der Waals surface area contributed by atoms with Gasteiger partial charge in [0.05, 0.1) is 10.6 Å². The van der Waals surface area contributed by atoms with Gasteiger partial charge in [0.25, 0.3) is 0 Å². The van der Waals surface area contributed by atoms with Crippen molar-refractivity contribution in [2.24, 2.45) is 4.99 Å². The Morgan fingerprint density at radius 2 is 1.48 bits per heavy atom. The highest BCUT2D eigenvalue weighted by atomic mass is 35.5. The second-order valence-corrected chi connectivity index (χ2v) is 9.95. The highest BCUT2D eigenvalue weighted by Gasteiger charge is 2.29. The second kappa shape index (κ2) is 7.75. The van der Waals surface area contributed by atoms with Gasteiger partial charge in [-0.1, -0.05) is 53.1 Å². The van der Waals surface area contributed by atoms with E-state index in [0.29, 0.717) is 5.56 Å². The molecule has 0 fully saturated rings. The van der Waals surface area contributed by atoms with Crippen LogP contribution in [-0.2, 0) is 20.4 Å². The minimum absolute atomic E-state index is 0.0128. The number of rotatable bonds is 2. The lowest BCUT2D eigenvalue weighted by Crippen LogP contribution is -2.17. The molecule has 0 saturated carbocycles. The van der Waals surface area contributed by atoms with E-state index >= 15 is 0 Å². The van der Waals surface area contributed by atoms with Crippen molar-refractivity contribution in [3.05, 3.63) is 68.9 Å². The summed E-state index contributed by atoms with van der Waals surface area (Å²) in [4.78, 5) is 16.5. The molecule has 31 heavy (non-hydrogen) atoms. The van der Waals surface area contributed by atoms with Gasteiger partial charge in [0.15, 0.2) is 17.3 Å². The number of phenolic OH excluding ortho intramolecular Hbond substituents is 1. The monoisotopic (exact) mass is 447 g/mol. The first-order chi connectivity index (χ1) is 14.2. The van der Waals surface area contributed by atoms with Gasteiger partial charge in [0.1, 0.15) is 5.75 Å². The Morgan fingerprint density at radius 3 is 2.00 bits per heavy atom. The first-order valence-corrected chi connectivity index (χ1v) is 10.1. The number of cyclic esters (lactones) is 1. The Bertz CT molecular complexity index is 1100. The number of carbonyl (C=O) groups is 1. The SMILES string of the molecule is CC(C)(C)c1cc(C=C2N=C(c3cc(F)c(F)cc3Cl)OC2=O)cc(C(C)(C)C)c1O. The van der Waals surface area contributed by atoms with E-state index < -0.39 is 17.6 Å². The van der Waals surface area contributed by atoms with E-state index in [9.17, 15) is 18.7 Å². The number of carbonyl (C=O) groups excluding carboxylic acids is 1. The summed E-state index contributed by atoms with van der Waals surface area (Å²) in [6, 6.07) is 5.23. The van der Waals surface area contributed by atoms with Gasteiger partial charge in [-0.3, -0.25) is 0 Å². The normalized spacial score (nSPS) is 16.0. The topological polar surface area (TPSA) is 58.9 Å². The number of esters is 1. The van der Waals surface area contributed by atoms with Crippen molar-refractivity contribution in [3.63, 3.8) is 0 Å². The Morgan fingerprint density at radius 1 is 0.968 bits per heavy atom. The third-order valence-electron chi connectivity index (χ3n) is 4.91. The Labute approximate surface area is 185 Å². The second-order valence-electron chi connectivity index (χ2n) is 9.55. The number of aliphatic imine (C=N–C) groups is 1. The van der Waals surface area contributed by atoms with Crippen LogP contribution in [0.15, 0.2) is 35.0 Å². The van der Waals surface area contributed by atoms with Crippen LogP contribution >= 0.6 is 11.6 Å². The average Bonchev–Trinajstić information content (AvgIpc) is 2.97. The van der Waals surface area contributed by atoms with E-state index in [2.05, 4.69) is 4.99 Å². The smallest absolute Gasteiger partial charge is 0.363 e. The van der Waals surface area contributed by atoms with Crippen molar-refractivity contribution >= 4 is 29.5 Å². The Kier molecular flexibility index (Phi) is 5.74. The first-order valence-electron chi connectivity index (χ1n) is 9.74. The fourth-order valence-corrected chi connectivity index (χ4v) is 3.48. The largest absolute Gasteiger partial charge is 0.507 e. The van der Waals surface area contributed by atoms with E-state index in [-0.39, 0.29) is 38.8 Å². The van der Waals surface area contributed by atoms with E-state index in [1.807, 2.05) is 41.5 Å². The summed E-state index contributed by atoms with van der Waals surface area (Å²) < 4.78 is 32.1. The van der Waals surface area contributed by atoms with Gasteiger partial charge >= 0.3 is 5.97 Å². The van der Waals surface area contributed by atoms with Gasteiger partial charge < -0.3 is 9.84 Å². The summed E-state index contributed by atoms with van der Waals surface area (Å²) in [7, 11) is 0. The molecule has 164 valence electrons. The van der Waals surface area contributed by atoms with E-state index in [4.69, 9.17) is 16.3 Å². The minimum atomic E-state index is -1.13. The molecule has 0 unspecified atom stereocenters. The molecule has 7 heteroatoms. The van der Waals surface area contributed by atoms with Crippen LogP contribution in [0.5, 0.6) is 5.75 Å². The van der Waals surface area contributed by atoms with Crippen molar-refractivity contribution in [1.29, 1.82) is 0 Å². The molecule has 1 N–H and O–H groups in total. The summed E-state index contributed by atoms with van der Waals surface area (Å²) in [5.41, 5.74) is 1.39. The van der Waals surface area contributed by atoms with Crippen molar-refractivity contribution in [2.75, 3.05) is 0 Å². The molecule has 0 radical (unpaired) electrons. The summed E-state index contributed by atoms with van der Waals surface area (Å²) >= 11 is 5.97. The van der Waals surface area contributed by atoms with Gasteiger partial charge in [-0.25, -0.2) is 18.6 Å². The zero-order valence-corrected chi connectivity index (χ0v) is 19.0. The fraction of sp³-hybridized carbons (Fsp3) is 0.333. The summed E-state index contributed by atoms with van der Waals surface area (Å²) in [5.74, 6) is -2.96. The Hall–Kier alpha value is -2.73. The number of phenols is 1. The molecule has 0 amide bonds. The highest BCUT2D eigenvalue weighted by molar-refractivity contribution is 6.34. The quantitative estimate of drug-likeness (QED) is 0.335. The van der Waals surface area contributed by atoms with Gasteiger partial charge in [-0.05, 0) is 46.7 Å². The lowest BCUT2D eigenvalue weighted by atomic mass is 9.78. The van der Waals surface area contributed by atoms with Crippen LogP contribution < -0.4 is 0 Å². The number of hydrogen-bond donors (Lipinski definition) is 1. The molecule has 0 aliphatic carbocycles. The first kappa shape index (κ1) is 22.9. The Balaban J connectivity index is 2.13. The van der Waals surface area contributed by atoms with Crippen molar-refractivity contribution in [3.8, 4) is 5.75 Å². The minimum Gasteiger partial charge on any atom is -0.507 e. The maximum absolute atomic E-state index is 13.6. The molecule has 0 saturated heterocycles. The van der Waals surface area contributed by atoms with Crippen LogP contribution in [0.4, 0.5) is 8.78 Å². The molecule has 2 aromatic carbocycles. The molecule has 0 bridgehead atoms. The molecule has 0 spiro atoms. The molecule has 1 heterocycles. The average molecular weight is 448 g/mol. The molecule has 1 aliphatic rings. The molecule has 0 atom stereocenters. The van der Waals surface area contributed by atoms with Gasteiger partial charge in [0, 0.05) is 11.1 Å². The zero-order valence-electron chi connectivity index (χ0n) is 18.2. The van der Waals surface area contributed by atoms with Crippen molar-refractivity contribution in [2.45, 2.75) is 52.4 Å². The lowest BCUT2D eigenvalue weighted by molar-refractivity contribution is -0.129. The van der Waals surface area contributed by atoms with Gasteiger partial charge in [0.2, 0.25) is 5.90 Å². The predicted molar refractivity (Wildman–Crippen MR) is 117 cm³/mol. The molecule has 4 nitrogen and oxygen atoms in total. The fourth-order valence-electron chi connectivity index (χ4n) is 3.25. The molecular weight excluding hydrogens is 424 g/mol. The third-order valence-corrected chi connectivity index (χ3v) is 5.23. The van der Waals surface area contributed by atoms with Crippen LogP contribution in [0.2, 0.25) is 5.02 Å². The van der Waals surface area contributed by atoms with E-state index in [1.54, 1.807) is 12.1 Å². The molecule has 2 aromatic rings. The molecule has 1 aliphatic heterocycles. The van der Waals surface area contributed by atoms with Crippen LogP contribution in [0.25, 0.3) is 6.08 Å². The molecule has 3 rings (SSSR count). The summed E-state index contributed by atoms with van der Waals surface area (Å²) in [6.07, 6.45) is 1.53. The van der Waals surface area contributed by atoms with Crippen LogP contribution in [0, 0.1) is 11.6 Å². The maximum Gasteiger partial charge on any atom is 0.363 e. The predicted octanol–water partition coefficient (Wildman–Crippen LogP) is 6.26. The number of halogens is 3. The maximum atomic E-state index is 13.6. The van der Waals surface area contributed by atoms with Crippen molar-refractivity contribution < 1.29 is 23.4 Å². The van der Waals surface area contributed by atoms with Gasteiger partial charge in [-0.15, -0.1) is 0 Å². The highest BCUT2D eigenvalue weighted by Crippen LogP contribution is 2.40. The zero-order chi connectivity index (χ0) is 23.3. The van der Waals surface area contributed by atoms with Crippen LogP contribution in [0.3, 0.4) is 0 Å². The van der Waals surface area contributed by atoms with Crippen molar-refractivity contribution in [1.82, 2.24) is 0 Å². The van der Waals surface area contributed by atoms with E-state index in [1.165, 1.54) is 6.08 Å². The molecule has 0 aromatic heterocycles. The number of ether oxygens (including phenoxy) is 1. The standard InChI is InChI=1S/C24H24ClF2NO3/c1-23(2,3)14-7-12(8-15(20(14)29)24(4,5)6)9-19-22(30)31-21(28-19)13-10-17(26)18(27)11-16(13)25/h7-11,29H,1-6H3. The van der Waals surface area contributed by atoms with Crippen LogP contribution in [-0.4, -0.2) is 17.0 Å². The number of nitrogens with zero attached hydrogens (tertiary/aromatic N) is 1. The number of hydrogen-bond acceptors (Lipinski definition) is 4. The number of aromatic hydroxyl groups is 1. The van der Waals surface area contributed by atoms with E-state index in [0.717, 1.165) is 23.3 Å². The summed E-state index contributed by atoms with van der Waals surface area (Å²) in [6.45, 7) is 11.9. The third kappa shape index (κ3) is 4.64. The van der Waals surface area contributed by atoms with Gasteiger partial charge in [-0.2, -0.15) is 0 Å². The molecular formula is C24H24ClF2NO3. The summed E-state index contributed by atoms with van der Waals surface area (Å²) in [5, 5.41) is 10.7.